The van der Waals surface area contributed by atoms with Gasteiger partial charge in [0.15, 0.2) is 5.78 Å². The smallest absolute Gasteiger partial charge is 0.163 e. The first-order chi connectivity index (χ1) is 6.89. The summed E-state index contributed by atoms with van der Waals surface area (Å²) in [6, 6.07) is 0.120. The molecule has 0 aliphatic carbocycles. The third kappa shape index (κ3) is 9.40. The van der Waals surface area contributed by atoms with Gasteiger partial charge in [-0.2, -0.15) is 0 Å². The van der Waals surface area contributed by atoms with Gasteiger partial charge in [0, 0.05) is 39.8 Å². The Hall–Kier alpha value is 0.470. The van der Waals surface area contributed by atoms with Crippen LogP contribution in [0.3, 0.4) is 0 Å². The summed E-state index contributed by atoms with van der Waals surface area (Å²) in [4.78, 5) is 11.4. The Morgan fingerprint density at radius 2 is 2.20 bits per heavy atom. The van der Waals surface area contributed by atoms with Crippen molar-refractivity contribution in [3.8, 4) is 0 Å². The summed E-state index contributed by atoms with van der Waals surface area (Å²) in [7, 11) is 2.49. The van der Waals surface area contributed by atoms with Gasteiger partial charge < -0.3 is 4.52 Å². The second-order valence-electron chi connectivity index (χ2n) is 3.63. The van der Waals surface area contributed by atoms with E-state index in [1.54, 1.807) is 12.5 Å². The molecule has 0 amide bonds. The van der Waals surface area contributed by atoms with E-state index in [2.05, 4.69) is 23.9 Å². The number of carbonyl (C=O) groups is 1. The molecule has 0 aliphatic rings. The zero-order valence-electron chi connectivity index (χ0n) is 9.06. The Labute approximate surface area is 96.5 Å². The van der Waals surface area contributed by atoms with Crippen molar-refractivity contribution >= 4 is 39.5 Å². The number of rotatable bonds is 7. The zero-order chi connectivity index (χ0) is 11.9. The van der Waals surface area contributed by atoms with Crippen molar-refractivity contribution in [2.24, 2.45) is 0 Å². The molecule has 3 unspecified atom stereocenters. The number of hydrogen-bond acceptors (Lipinski definition) is 4. The molecule has 1 N–H and O–H groups in total. The van der Waals surface area contributed by atoms with Crippen LogP contribution < -0.4 is 5.09 Å². The first-order valence-corrected chi connectivity index (χ1v) is 7.97. The van der Waals surface area contributed by atoms with Crippen LogP contribution in [0.25, 0.3) is 0 Å². The monoisotopic (exact) mass is 271 g/mol. The molecule has 0 bridgehead atoms. The standard InChI is InChI=1S/C8H19NO3P2S/c1-15(2,11)6-8(10)4-3-7(9-13)5-12-14/h6-7,9H,3-5,13-14H2,1-2H3. The predicted octanol–water partition coefficient (Wildman–Crippen LogP) is 0.237. The lowest BCUT2D eigenvalue weighted by atomic mass is 10.1. The van der Waals surface area contributed by atoms with Crippen LogP contribution in [0.4, 0.5) is 0 Å². The summed E-state index contributed by atoms with van der Waals surface area (Å²) in [5.74, 6) is -0.0704. The van der Waals surface area contributed by atoms with Crippen LogP contribution in [-0.2, 0) is 18.8 Å². The summed E-state index contributed by atoms with van der Waals surface area (Å²) < 4.78 is 16.2. The minimum absolute atomic E-state index is 0.0704. The van der Waals surface area contributed by atoms with Crippen LogP contribution in [0.1, 0.15) is 12.8 Å². The van der Waals surface area contributed by atoms with Gasteiger partial charge in [0.2, 0.25) is 0 Å². The molecule has 0 aromatic rings. The molecule has 0 aromatic heterocycles. The van der Waals surface area contributed by atoms with E-state index in [1.165, 1.54) is 5.37 Å². The normalized spacial score (nSPS) is 13.6. The van der Waals surface area contributed by atoms with Crippen molar-refractivity contribution < 1.29 is 13.5 Å². The summed E-state index contributed by atoms with van der Waals surface area (Å²) >= 11 is 0. The van der Waals surface area contributed by atoms with E-state index in [4.69, 9.17) is 4.52 Å². The first kappa shape index (κ1) is 15.5. The lowest BCUT2D eigenvalue weighted by Gasteiger charge is -2.13. The van der Waals surface area contributed by atoms with Gasteiger partial charge in [0.05, 0.1) is 6.61 Å². The van der Waals surface area contributed by atoms with Crippen LogP contribution in [0.2, 0.25) is 0 Å². The zero-order valence-corrected chi connectivity index (χ0v) is 12.2. The average Bonchev–Trinajstić information content (AvgIpc) is 2.09. The third-order valence-corrected chi connectivity index (χ3v) is 3.18. The van der Waals surface area contributed by atoms with Crippen LogP contribution in [0, 0.1) is 0 Å². The number of hydrogen-bond donors (Lipinski definition) is 1. The summed E-state index contributed by atoms with van der Waals surface area (Å²) in [6.07, 6.45) is 4.17. The van der Waals surface area contributed by atoms with Gasteiger partial charge in [-0.1, -0.05) is 9.39 Å². The van der Waals surface area contributed by atoms with Crippen molar-refractivity contribution in [2.75, 3.05) is 19.1 Å². The van der Waals surface area contributed by atoms with Crippen LogP contribution in [0.15, 0.2) is 0 Å². The molecule has 0 rings (SSSR count). The van der Waals surface area contributed by atoms with E-state index in [-0.39, 0.29) is 11.8 Å². The van der Waals surface area contributed by atoms with Gasteiger partial charge in [0.1, 0.15) is 0 Å². The number of nitrogens with one attached hydrogen (secondary N) is 1. The molecule has 0 saturated heterocycles. The van der Waals surface area contributed by atoms with E-state index in [9.17, 15) is 9.00 Å². The fraction of sp³-hybridized carbons (Fsp3) is 0.750. The Bertz CT molecular complexity index is 305. The van der Waals surface area contributed by atoms with Gasteiger partial charge in [-0.25, -0.2) is 0 Å². The van der Waals surface area contributed by atoms with E-state index in [0.717, 1.165) is 0 Å². The van der Waals surface area contributed by atoms with E-state index in [1.807, 2.05) is 0 Å². The van der Waals surface area contributed by atoms with Crippen molar-refractivity contribution in [3.63, 3.8) is 0 Å². The highest BCUT2D eigenvalue weighted by Gasteiger charge is 2.08. The number of ketones is 1. The maximum absolute atomic E-state index is 11.4. The molecule has 15 heavy (non-hydrogen) atoms. The minimum Gasteiger partial charge on any atom is -0.364 e. The molecular formula is C8H19NO3P2S. The quantitative estimate of drug-likeness (QED) is 0.532. The molecule has 7 heteroatoms. The van der Waals surface area contributed by atoms with Crippen molar-refractivity contribution in [1.82, 2.24) is 5.09 Å². The highest BCUT2D eigenvalue weighted by atomic mass is 32.2. The topological polar surface area (TPSA) is 55.4 Å². The lowest BCUT2D eigenvalue weighted by Crippen LogP contribution is -2.26. The van der Waals surface area contributed by atoms with Gasteiger partial charge in [-0.05, 0) is 15.9 Å². The SMILES string of the molecule is CS(C)(=O)=CC(=O)CCC(COP)NP. The molecule has 90 valence electrons. The molecule has 0 heterocycles. The second-order valence-corrected chi connectivity index (χ2v) is 7.15. The Balaban J connectivity index is 4.05. The summed E-state index contributed by atoms with van der Waals surface area (Å²) in [5, 5.41) is 4.28. The molecule has 0 radical (unpaired) electrons. The molecule has 0 spiro atoms. The fourth-order valence-electron chi connectivity index (χ4n) is 1.02. The molecule has 4 nitrogen and oxygen atoms in total. The van der Waals surface area contributed by atoms with E-state index >= 15 is 0 Å². The lowest BCUT2D eigenvalue weighted by molar-refractivity contribution is -0.112. The average molecular weight is 271 g/mol. The van der Waals surface area contributed by atoms with Gasteiger partial charge in [-0.15, -0.1) is 0 Å². The van der Waals surface area contributed by atoms with E-state index < -0.39 is 9.52 Å². The number of Topliss-reactive ketones (excluding diaryl/α,β-unsaturated/α-hetero) is 1. The van der Waals surface area contributed by atoms with Crippen molar-refractivity contribution in [3.05, 3.63) is 0 Å². The molecule has 0 aromatic carbocycles. The van der Waals surface area contributed by atoms with Crippen molar-refractivity contribution in [2.45, 2.75) is 18.9 Å². The first-order valence-electron chi connectivity index (χ1n) is 4.48. The van der Waals surface area contributed by atoms with E-state index in [0.29, 0.717) is 19.4 Å². The molecular weight excluding hydrogens is 252 g/mol. The van der Waals surface area contributed by atoms with Crippen LogP contribution in [-0.4, -0.2) is 40.5 Å². The second kappa shape index (κ2) is 7.70. The van der Waals surface area contributed by atoms with Gasteiger partial charge in [0.25, 0.3) is 0 Å². The van der Waals surface area contributed by atoms with Crippen LogP contribution >= 0.6 is 18.9 Å². The molecule has 0 aliphatic heterocycles. The minimum atomic E-state index is -2.08. The predicted molar refractivity (Wildman–Crippen MR) is 72.6 cm³/mol. The molecule has 0 fully saturated rings. The third-order valence-electron chi connectivity index (χ3n) is 1.69. The maximum Gasteiger partial charge on any atom is 0.163 e. The Morgan fingerprint density at radius 3 is 2.60 bits per heavy atom. The van der Waals surface area contributed by atoms with Crippen LogP contribution in [0.5, 0.6) is 0 Å². The van der Waals surface area contributed by atoms with Crippen molar-refractivity contribution in [1.29, 1.82) is 0 Å². The maximum atomic E-state index is 11.4. The highest BCUT2D eigenvalue weighted by Crippen LogP contribution is 2.02. The fourth-order valence-corrected chi connectivity index (χ4v) is 2.27. The molecule has 3 atom stereocenters. The Kier molecular flexibility index (Phi) is 7.94. The summed E-state index contributed by atoms with van der Waals surface area (Å²) in [5.41, 5.74) is 0. The highest BCUT2D eigenvalue weighted by molar-refractivity contribution is 8.01. The van der Waals surface area contributed by atoms with Gasteiger partial charge >= 0.3 is 0 Å². The molecule has 0 saturated carbocycles. The Morgan fingerprint density at radius 1 is 1.60 bits per heavy atom. The largest absolute Gasteiger partial charge is 0.364 e. The van der Waals surface area contributed by atoms with Gasteiger partial charge in [-0.3, -0.25) is 14.1 Å². The number of carbonyl (C=O) groups excluding carboxylic acids is 1. The summed E-state index contributed by atoms with van der Waals surface area (Å²) in [6.45, 7) is 0.523.